The molecule has 0 aromatic heterocycles. The van der Waals surface area contributed by atoms with Gasteiger partial charge < -0.3 is 0 Å². The van der Waals surface area contributed by atoms with Crippen LogP contribution in [0.2, 0.25) is 19.6 Å². The number of benzene rings is 1. The van der Waals surface area contributed by atoms with E-state index in [0.29, 0.717) is 0 Å². The van der Waals surface area contributed by atoms with Gasteiger partial charge >= 0.3 is 0 Å². The SMILES string of the molecule is C/C=C/N(C(C)=O)c1ccccc1C#C[Si](C)(C)C. The zero-order valence-corrected chi connectivity index (χ0v) is 13.3. The molecule has 0 aliphatic heterocycles. The minimum atomic E-state index is -1.43. The molecule has 1 rings (SSSR count). The number of rotatable bonds is 2. The Balaban J connectivity index is 3.28. The Morgan fingerprint density at radius 1 is 1.26 bits per heavy atom. The Hall–Kier alpha value is -1.79. The van der Waals surface area contributed by atoms with Gasteiger partial charge in [0, 0.05) is 18.7 Å². The largest absolute Gasteiger partial charge is 0.287 e. The van der Waals surface area contributed by atoms with Gasteiger partial charge in [0.25, 0.3) is 0 Å². The molecule has 0 spiro atoms. The standard InChI is InChI=1S/C16H21NOSi/c1-6-12-17(14(2)18)16-10-8-7-9-15(16)11-13-19(3,4)5/h6-10,12H,1-5H3/b12-6+. The number of amides is 1. The van der Waals surface area contributed by atoms with Crippen LogP contribution in [0.1, 0.15) is 19.4 Å². The third-order valence-electron chi connectivity index (χ3n) is 2.37. The number of carbonyl (C=O) groups is 1. The van der Waals surface area contributed by atoms with Crippen LogP contribution >= 0.6 is 0 Å². The quantitative estimate of drug-likeness (QED) is 0.592. The average molecular weight is 271 g/mol. The Morgan fingerprint density at radius 2 is 1.89 bits per heavy atom. The summed E-state index contributed by atoms with van der Waals surface area (Å²) < 4.78 is 0. The van der Waals surface area contributed by atoms with E-state index >= 15 is 0 Å². The number of hydrogen-bond donors (Lipinski definition) is 0. The molecule has 0 bridgehead atoms. The molecule has 0 saturated carbocycles. The van der Waals surface area contributed by atoms with Crippen molar-refractivity contribution in [1.82, 2.24) is 0 Å². The van der Waals surface area contributed by atoms with Crippen molar-refractivity contribution in [2.75, 3.05) is 4.90 Å². The van der Waals surface area contributed by atoms with Crippen LogP contribution < -0.4 is 4.90 Å². The van der Waals surface area contributed by atoms with Gasteiger partial charge in [-0.2, -0.15) is 0 Å². The average Bonchev–Trinajstić information content (AvgIpc) is 2.33. The van der Waals surface area contributed by atoms with E-state index in [0.717, 1.165) is 11.3 Å². The molecule has 1 aromatic rings. The van der Waals surface area contributed by atoms with E-state index in [-0.39, 0.29) is 5.91 Å². The number of anilines is 1. The molecule has 0 N–H and O–H groups in total. The van der Waals surface area contributed by atoms with Crippen molar-refractivity contribution in [3.05, 3.63) is 42.1 Å². The molecule has 0 unspecified atom stereocenters. The summed E-state index contributed by atoms with van der Waals surface area (Å²) >= 11 is 0. The lowest BCUT2D eigenvalue weighted by molar-refractivity contribution is -0.116. The summed E-state index contributed by atoms with van der Waals surface area (Å²) in [6.45, 7) is 10.1. The molecule has 2 nitrogen and oxygen atoms in total. The summed E-state index contributed by atoms with van der Waals surface area (Å²) in [5.41, 5.74) is 5.09. The molecule has 19 heavy (non-hydrogen) atoms. The predicted molar refractivity (Wildman–Crippen MR) is 84.6 cm³/mol. The van der Waals surface area contributed by atoms with Crippen LogP contribution in [-0.2, 0) is 4.79 Å². The van der Waals surface area contributed by atoms with Crippen LogP contribution in [-0.4, -0.2) is 14.0 Å². The highest BCUT2D eigenvalue weighted by atomic mass is 28.3. The van der Waals surface area contributed by atoms with Crippen molar-refractivity contribution in [3.63, 3.8) is 0 Å². The van der Waals surface area contributed by atoms with Crippen molar-refractivity contribution in [1.29, 1.82) is 0 Å². The van der Waals surface area contributed by atoms with Crippen LogP contribution in [0.5, 0.6) is 0 Å². The van der Waals surface area contributed by atoms with Crippen LogP contribution in [0.3, 0.4) is 0 Å². The first-order valence-corrected chi connectivity index (χ1v) is 9.90. The van der Waals surface area contributed by atoms with Crippen LogP contribution in [0.15, 0.2) is 36.5 Å². The summed E-state index contributed by atoms with van der Waals surface area (Å²) in [7, 11) is -1.43. The third kappa shape index (κ3) is 4.76. The Kier molecular flexibility index (Phi) is 5.14. The van der Waals surface area contributed by atoms with Gasteiger partial charge in [0.15, 0.2) is 0 Å². The normalized spacial score (nSPS) is 11.0. The van der Waals surface area contributed by atoms with Gasteiger partial charge in [0.05, 0.1) is 5.69 Å². The summed E-state index contributed by atoms with van der Waals surface area (Å²) in [4.78, 5) is 13.4. The molecule has 0 aliphatic rings. The fourth-order valence-electron chi connectivity index (χ4n) is 1.55. The fraction of sp³-hybridized carbons (Fsp3) is 0.312. The molecule has 0 heterocycles. The topological polar surface area (TPSA) is 20.3 Å². The van der Waals surface area contributed by atoms with Crippen molar-refractivity contribution in [3.8, 4) is 11.5 Å². The Bertz CT molecular complexity index is 544. The Morgan fingerprint density at radius 3 is 2.42 bits per heavy atom. The molecule has 0 radical (unpaired) electrons. The molecule has 0 aliphatic carbocycles. The number of para-hydroxylation sites is 1. The highest BCUT2D eigenvalue weighted by Crippen LogP contribution is 2.20. The monoisotopic (exact) mass is 271 g/mol. The van der Waals surface area contributed by atoms with E-state index in [9.17, 15) is 4.79 Å². The van der Waals surface area contributed by atoms with Gasteiger partial charge in [-0.05, 0) is 19.1 Å². The maximum atomic E-state index is 11.7. The second kappa shape index (κ2) is 6.40. The second-order valence-electron chi connectivity index (χ2n) is 5.39. The molecule has 0 atom stereocenters. The lowest BCUT2D eigenvalue weighted by atomic mass is 10.1. The van der Waals surface area contributed by atoms with Gasteiger partial charge in [-0.1, -0.05) is 43.8 Å². The maximum absolute atomic E-state index is 11.7. The van der Waals surface area contributed by atoms with Crippen molar-refractivity contribution in [2.24, 2.45) is 0 Å². The zero-order chi connectivity index (χ0) is 14.5. The predicted octanol–water partition coefficient (Wildman–Crippen LogP) is 3.80. The van der Waals surface area contributed by atoms with Gasteiger partial charge in [-0.3, -0.25) is 9.69 Å². The highest BCUT2D eigenvalue weighted by Gasteiger charge is 2.12. The first kappa shape index (κ1) is 15.3. The van der Waals surface area contributed by atoms with Gasteiger partial charge in [0.2, 0.25) is 5.91 Å². The molecule has 100 valence electrons. The number of allylic oxidation sites excluding steroid dienone is 1. The van der Waals surface area contributed by atoms with Crippen LogP contribution in [0.4, 0.5) is 5.69 Å². The van der Waals surface area contributed by atoms with E-state index in [2.05, 4.69) is 31.1 Å². The van der Waals surface area contributed by atoms with Gasteiger partial charge in [-0.15, -0.1) is 5.54 Å². The minimum absolute atomic E-state index is 0.0136. The summed E-state index contributed by atoms with van der Waals surface area (Å²) in [5, 5.41) is 0. The van der Waals surface area contributed by atoms with E-state index in [4.69, 9.17) is 0 Å². The van der Waals surface area contributed by atoms with Gasteiger partial charge in [0.1, 0.15) is 8.07 Å². The van der Waals surface area contributed by atoms with Crippen molar-refractivity contribution >= 4 is 19.7 Å². The molecular weight excluding hydrogens is 250 g/mol. The minimum Gasteiger partial charge on any atom is -0.287 e. The zero-order valence-electron chi connectivity index (χ0n) is 12.3. The van der Waals surface area contributed by atoms with Crippen LogP contribution in [0.25, 0.3) is 0 Å². The fourth-order valence-corrected chi connectivity index (χ4v) is 2.06. The lowest BCUT2D eigenvalue weighted by Crippen LogP contribution is -2.22. The summed E-state index contributed by atoms with van der Waals surface area (Å²) in [6.07, 6.45) is 3.63. The van der Waals surface area contributed by atoms with Crippen LogP contribution in [0, 0.1) is 11.5 Å². The van der Waals surface area contributed by atoms with E-state index in [1.54, 1.807) is 18.0 Å². The summed E-state index contributed by atoms with van der Waals surface area (Å²) in [6, 6.07) is 7.76. The summed E-state index contributed by atoms with van der Waals surface area (Å²) in [5.74, 6) is 3.22. The molecule has 1 amide bonds. The molecule has 1 aromatic carbocycles. The number of nitrogens with zero attached hydrogens (tertiary/aromatic N) is 1. The number of hydrogen-bond acceptors (Lipinski definition) is 1. The first-order valence-electron chi connectivity index (χ1n) is 6.40. The van der Waals surface area contributed by atoms with Crippen molar-refractivity contribution < 1.29 is 4.79 Å². The first-order chi connectivity index (χ1) is 8.85. The maximum Gasteiger partial charge on any atom is 0.227 e. The van der Waals surface area contributed by atoms with Crippen molar-refractivity contribution in [2.45, 2.75) is 33.5 Å². The number of carbonyl (C=O) groups excluding carboxylic acids is 1. The van der Waals surface area contributed by atoms with E-state index in [1.807, 2.05) is 37.3 Å². The Labute approximate surface area is 117 Å². The smallest absolute Gasteiger partial charge is 0.227 e. The molecular formula is C16H21NOSi. The van der Waals surface area contributed by atoms with E-state index in [1.165, 1.54) is 0 Å². The van der Waals surface area contributed by atoms with Gasteiger partial charge in [-0.25, -0.2) is 0 Å². The molecule has 3 heteroatoms. The lowest BCUT2D eigenvalue weighted by Gasteiger charge is -2.18. The molecule has 0 fully saturated rings. The highest BCUT2D eigenvalue weighted by molar-refractivity contribution is 6.83. The molecule has 0 saturated heterocycles. The van der Waals surface area contributed by atoms with E-state index < -0.39 is 8.07 Å². The third-order valence-corrected chi connectivity index (χ3v) is 3.25. The second-order valence-corrected chi connectivity index (χ2v) is 10.1.